The third kappa shape index (κ3) is 10.0. The van der Waals surface area contributed by atoms with Crippen LogP contribution in [-0.2, 0) is 34.4 Å². The zero-order chi connectivity index (χ0) is 33.9. The van der Waals surface area contributed by atoms with Crippen LogP contribution in [0.25, 0.3) is 0 Å². The van der Waals surface area contributed by atoms with E-state index in [-0.39, 0.29) is 24.2 Å². The zero-order valence-electron chi connectivity index (χ0n) is 27.6. The number of hydrogen-bond donors (Lipinski definition) is 4. The molecule has 2 aliphatic heterocycles. The van der Waals surface area contributed by atoms with Gasteiger partial charge in [-0.15, -0.1) is 0 Å². The van der Waals surface area contributed by atoms with Gasteiger partial charge in [-0.1, -0.05) is 56.3 Å². The van der Waals surface area contributed by atoms with E-state index in [2.05, 4.69) is 21.3 Å². The molecule has 0 spiro atoms. The summed E-state index contributed by atoms with van der Waals surface area (Å²) in [6.45, 7) is 6.64. The Hall–Kier alpha value is -4.93. The lowest BCUT2D eigenvalue weighted by atomic mass is 10.0. The highest BCUT2D eigenvalue weighted by Crippen LogP contribution is 2.14. The number of fused-ring (bicyclic) bond motifs is 18. The number of hydrogen-bond acceptors (Lipinski definition) is 5. The summed E-state index contributed by atoms with van der Waals surface area (Å²) in [5.41, 5.74) is 2.60. The Bertz CT molecular complexity index is 1530. The van der Waals surface area contributed by atoms with Crippen LogP contribution in [0.3, 0.4) is 0 Å². The second kappa shape index (κ2) is 16.6. The van der Waals surface area contributed by atoms with Crippen LogP contribution in [0.1, 0.15) is 72.0 Å². The van der Waals surface area contributed by atoms with Gasteiger partial charge in [-0.3, -0.25) is 24.0 Å². The molecule has 2 bridgehead atoms. The van der Waals surface area contributed by atoms with Crippen LogP contribution in [0.4, 0.5) is 0 Å². The first-order chi connectivity index (χ1) is 22.5. The number of aromatic nitrogens is 1. The fraction of sp³-hybridized carbons (Fsp3) is 0.417. The van der Waals surface area contributed by atoms with Crippen LogP contribution in [-0.4, -0.2) is 70.2 Å². The Morgan fingerprint density at radius 1 is 0.830 bits per heavy atom. The molecule has 0 aliphatic carbocycles. The molecule has 2 aliphatic rings. The highest BCUT2D eigenvalue weighted by Gasteiger charge is 2.29. The zero-order valence-corrected chi connectivity index (χ0v) is 27.6. The van der Waals surface area contributed by atoms with Gasteiger partial charge in [0.2, 0.25) is 17.7 Å². The fourth-order valence-electron chi connectivity index (χ4n) is 5.53. The molecule has 5 rings (SSSR count). The minimum absolute atomic E-state index is 0.0680. The van der Waals surface area contributed by atoms with Crippen LogP contribution in [0, 0.1) is 5.92 Å². The van der Waals surface area contributed by atoms with E-state index in [0.29, 0.717) is 50.2 Å². The van der Waals surface area contributed by atoms with Gasteiger partial charge in [0.15, 0.2) is 0 Å². The number of aryl methyl sites for hydroxylation is 1. The first-order valence-corrected chi connectivity index (χ1v) is 16.2. The molecule has 3 aromatic rings. The molecule has 3 atom stereocenters. The lowest BCUT2D eigenvalue weighted by Gasteiger charge is -2.25. The van der Waals surface area contributed by atoms with Crippen LogP contribution < -0.4 is 21.3 Å². The molecule has 11 nitrogen and oxygen atoms in total. The van der Waals surface area contributed by atoms with Gasteiger partial charge >= 0.3 is 0 Å². The smallest absolute Gasteiger partial charge is 0.270 e. The van der Waals surface area contributed by atoms with Gasteiger partial charge in [0, 0.05) is 44.9 Å². The Morgan fingerprint density at radius 3 is 2.19 bits per heavy atom. The lowest BCUT2D eigenvalue weighted by molar-refractivity contribution is -0.132. The maximum Gasteiger partial charge on any atom is 0.270 e. The van der Waals surface area contributed by atoms with Crippen molar-refractivity contribution in [2.45, 2.75) is 71.1 Å². The minimum Gasteiger partial charge on any atom is -0.354 e. The van der Waals surface area contributed by atoms with Gasteiger partial charge in [0.05, 0.1) is 0 Å². The van der Waals surface area contributed by atoms with Gasteiger partial charge < -0.3 is 30.7 Å². The molecule has 3 heterocycles. The number of carbonyl (C=O) groups is 5. The number of nitrogens with zero attached hydrogens (tertiary/aromatic N) is 2. The van der Waals surface area contributed by atoms with Crippen molar-refractivity contribution in [2.75, 3.05) is 13.1 Å². The van der Waals surface area contributed by atoms with Crippen LogP contribution >= 0.6 is 0 Å². The maximum absolute atomic E-state index is 13.7. The van der Waals surface area contributed by atoms with Crippen LogP contribution in [0.2, 0.25) is 0 Å². The third-order valence-electron chi connectivity index (χ3n) is 8.19. The summed E-state index contributed by atoms with van der Waals surface area (Å²) in [7, 11) is 1.82. The van der Waals surface area contributed by atoms with E-state index < -0.39 is 35.8 Å². The van der Waals surface area contributed by atoms with Crippen molar-refractivity contribution in [2.24, 2.45) is 13.0 Å². The molecular formula is C36H46N6O5. The van der Waals surface area contributed by atoms with Gasteiger partial charge in [0.25, 0.3) is 11.8 Å². The van der Waals surface area contributed by atoms with E-state index >= 15 is 0 Å². The maximum atomic E-state index is 13.7. The highest BCUT2D eigenvalue weighted by atomic mass is 16.2. The Balaban J connectivity index is 1.62. The topological polar surface area (TPSA) is 142 Å². The molecular weight excluding hydrogens is 596 g/mol. The van der Waals surface area contributed by atoms with E-state index in [9.17, 15) is 24.0 Å². The third-order valence-corrected chi connectivity index (χ3v) is 8.19. The average Bonchev–Trinajstić information content (AvgIpc) is 3.48. The number of benzene rings is 2. The van der Waals surface area contributed by atoms with Crippen molar-refractivity contribution in [1.82, 2.24) is 30.7 Å². The van der Waals surface area contributed by atoms with Gasteiger partial charge in [-0.2, -0.15) is 0 Å². The summed E-state index contributed by atoms with van der Waals surface area (Å²) in [5.74, 6) is -1.81. The summed E-state index contributed by atoms with van der Waals surface area (Å²) >= 11 is 0. The minimum atomic E-state index is -0.972. The molecule has 250 valence electrons. The molecule has 0 saturated heterocycles. The first-order valence-electron chi connectivity index (χ1n) is 16.2. The summed E-state index contributed by atoms with van der Waals surface area (Å²) in [6, 6.07) is 17.2. The summed E-state index contributed by atoms with van der Waals surface area (Å²) in [6.07, 6.45) is 3.64. The van der Waals surface area contributed by atoms with Crippen molar-refractivity contribution in [1.29, 1.82) is 0 Å². The van der Waals surface area contributed by atoms with Crippen molar-refractivity contribution in [3.05, 3.63) is 95.3 Å². The molecule has 1 aromatic heterocycles. The second-order valence-corrected chi connectivity index (χ2v) is 12.6. The summed E-state index contributed by atoms with van der Waals surface area (Å²) in [4.78, 5) is 68.7. The molecule has 4 N–H and O–H groups in total. The summed E-state index contributed by atoms with van der Waals surface area (Å²) < 4.78 is 1.78. The van der Waals surface area contributed by atoms with Crippen LogP contribution in [0.5, 0.6) is 0 Å². The highest BCUT2D eigenvalue weighted by molar-refractivity contribution is 5.99. The van der Waals surface area contributed by atoms with E-state index in [1.807, 2.05) is 63.5 Å². The molecule has 2 aromatic carbocycles. The van der Waals surface area contributed by atoms with E-state index in [0.717, 1.165) is 11.1 Å². The van der Waals surface area contributed by atoms with E-state index in [1.54, 1.807) is 46.7 Å². The molecule has 5 amide bonds. The Kier molecular flexibility index (Phi) is 12.3. The van der Waals surface area contributed by atoms with Gasteiger partial charge in [0.1, 0.15) is 23.8 Å². The van der Waals surface area contributed by atoms with E-state index in [1.165, 1.54) is 0 Å². The van der Waals surface area contributed by atoms with Crippen molar-refractivity contribution >= 4 is 29.5 Å². The largest absolute Gasteiger partial charge is 0.354 e. The van der Waals surface area contributed by atoms with Crippen molar-refractivity contribution in [3.63, 3.8) is 0 Å². The quantitative estimate of drug-likeness (QED) is 0.317. The van der Waals surface area contributed by atoms with Crippen molar-refractivity contribution in [3.8, 4) is 0 Å². The van der Waals surface area contributed by atoms with Gasteiger partial charge in [-0.05, 0) is 67.5 Å². The predicted octanol–water partition coefficient (Wildman–Crippen LogP) is 2.95. The number of nitrogens with one attached hydrogen (secondary N) is 4. The average molecular weight is 643 g/mol. The molecule has 0 fully saturated rings. The Morgan fingerprint density at radius 2 is 1.53 bits per heavy atom. The second-order valence-electron chi connectivity index (χ2n) is 12.6. The SMILES string of the molecule is CC(C)C[C@@H]1NC(=O)[C@@H](Cc2ccccc2)NC(=O)c2ccc(cc2)CN(C(=O)c2cccn2C)CCCCNC(=O)[C@@H](C)NC1=O. The standard InChI is InChI=1S/C36H46N6O5/c1-24(2)21-29-34(45)38-25(3)32(43)37-18-8-9-20-42(36(47)31-13-10-19-41(31)4)23-27-14-16-28(17-15-27)33(44)39-30(35(46)40-29)22-26-11-6-5-7-12-26/h5-7,10-17,19,24-25,29-30H,8-9,18,20-23H2,1-4H3,(H,37,43)(H,38,45)(H,39,44)(H,40,46)/t25-,29+,30-/m1/s1. The summed E-state index contributed by atoms with van der Waals surface area (Å²) in [5, 5.41) is 11.3. The molecule has 0 saturated carbocycles. The first kappa shape index (κ1) is 34.9. The van der Waals surface area contributed by atoms with Crippen LogP contribution in [0.15, 0.2) is 72.9 Å². The Labute approximate surface area is 276 Å². The number of rotatable bonds is 5. The monoisotopic (exact) mass is 642 g/mol. The fourth-order valence-corrected chi connectivity index (χ4v) is 5.53. The normalized spacial score (nSPS) is 20.5. The number of amides is 5. The van der Waals surface area contributed by atoms with E-state index in [4.69, 9.17) is 0 Å². The van der Waals surface area contributed by atoms with Gasteiger partial charge in [-0.25, -0.2) is 0 Å². The molecule has 47 heavy (non-hydrogen) atoms. The lowest BCUT2D eigenvalue weighted by Crippen LogP contribution is -2.57. The number of carbonyl (C=O) groups excluding carboxylic acids is 5. The molecule has 0 radical (unpaired) electrons. The molecule has 11 heteroatoms. The van der Waals surface area contributed by atoms with Crippen molar-refractivity contribution < 1.29 is 24.0 Å². The molecule has 0 unspecified atom stereocenters. The predicted molar refractivity (Wildman–Crippen MR) is 179 cm³/mol.